The van der Waals surface area contributed by atoms with Crippen LogP contribution in [0.3, 0.4) is 0 Å². The van der Waals surface area contributed by atoms with Crippen molar-refractivity contribution in [3.05, 3.63) is 119 Å². The number of hydrogen-bond donors (Lipinski definition) is 2. The molecule has 5 rings (SSSR count). The first-order valence-electron chi connectivity index (χ1n) is 13.1. The maximum Gasteiger partial charge on any atom is 0.209 e. The molecule has 43 heavy (non-hydrogen) atoms. The van der Waals surface area contributed by atoms with Gasteiger partial charge < -0.3 is 10.6 Å². The molecule has 0 fully saturated rings. The quantitative estimate of drug-likeness (QED) is 0.132. The first kappa shape index (κ1) is 29.6. The maximum atomic E-state index is 12.3. The van der Waals surface area contributed by atoms with Crippen molar-refractivity contribution in [3.8, 4) is 16.8 Å². The number of aromatic nitrogens is 3. The van der Waals surface area contributed by atoms with E-state index in [4.69, 9.17) is 22.3 Å². The molecule has 0 atom stereocenters. The highest BCUT2D eigenvalue weighted by atomic mass is 35.5. The Bertz CT molecular complexity index is 1870. The van der Waals surface area contributed by atoms with E-state index >= 15 is 0 Å². The molecule has 3 N–H and O–H groups in total. The molecule has 0 amide bonds. The monoisotopic (exact) mass is 613 g/mol. The third-order valence-electron chi connectivity index (χ3n) is 6.57. The number of anilines is 2. The van der Waals surface area contributed by atoms with Crippen LogP contribution >= 0.6 is 11.6 Å². The summed E-state index contributed by atoms with van der Waals surface area (Å²) in [5, 5.41) is 0.588. The second-order valence-corrected chi connectivity index (χ2v) is 11.9. The number of aldehydes is 1. The SMILES string of the molecule is CN(/C(=N\c1c(C=O)nc(CNS(C)(=O)=O)n1-c1ccccc1)c1ccc(-c2ccc(N)nc2)cc1)c1ccc(Cl)cc1. The van der Waals surface area contributed by atoms with E-state index in [-0.39, 0.29) is 18.1 Å². The van der Waals surface area contributed by atoms with Crippen molar-refractivity contribution in [3.63, 3.8) is 0 Å². The lowest BCUT2D eigenvalue weighted by Crippen LogP contribution is -2.27. The van der Waals surface area contributed by atoms with E-state index in [1.54, 1.807) is 29.0 Å². The molecule has 0 unspecified atom stereocenters. The van der Waals surface area contributed by atoms with Gasteiger partial charge in [0.05, 0.1) is 12.8 Å². The van der Waals surface area contributed by atoms with E-state index in [0.717, 1.165) is 28.6 Å². The molecule has 0 bridgehead atoms. The number of halogens is 1. The summed E-state index contributed by atoms with van der Waals surface area (Å²) in [6, 6.07) is 27.9. The number of imidazole rings is 1. The van der Waals surface area contributed by atoms with Crippen LogP contribution < -0.4 is 15.4 Å². The fourth-order valence-electron chi connectivity index (χ4n) is 4.43. The molecule has 2 aromatic heterocycles. The lowest BCUT2D eigenvalue weighted by molar-refractivity contribution is 0.112. The number of nitrogens with two attached hydrogens (primary N) is 1. The number of rotatable bonds is 9. The summed E-state index contributed by atoms with van der Waals surface area (Å²) in [6.07, 6.45) is 3.38. The Balaban J connectivity index is 1.69. The third kappa shape index (κ3) is 6.97. The van der Waals surface area contributed by atoms with Crippen LogP contribution in [-0.4, -0.2) is 48.4 Å². The van der Waals surface area contributed by atoms with Crippen LogP contribution in [0.1, 0.15) is 21.9 Å². The van der Waals surface area contributed by atoms with Crippen molar-refractivity contribution in [2.45, 2.75) is 6.54 Å². The van der Waals surface area contributed by atoms with Gasteiger partial charge in [0.15, 0.2) is 12.1 Å². The molecular formula is C31H28ClN7O3S. The number of nitrogens with one attached hydrogen (secondary N) is 1. The molecule has 0 aliphatic carbocycles. The van der Waals surface area contributed by atoms with Crippen molar-refractivity contribution in [1.82, 2.24) is 19.3 Å². The summed E-state index contributed by atoms with van der Waals surface area (Å²) in [6.45, 7) is -0.142. The second kappa shape index (κ2) is 12.6. The Hall–Kier alpha value is -4.84. The Kier molecular flexibility index (Phi) is 8.67. The molecule has 0 saturated carbocycles. The van der Waals surface area contributed by atoms with E-state index in [0.29, 0.717) is 34.5 Å². The molecule has 2 heterocycles. The molecule has 218 valence electrons. The van der Waals surface area contributed by atoms with Crippen molar-refractivity contribution < 1.29 is 13.2 Å². The molecule has 3 aromatic carbocycles. The van der Waals surface area contributed by atoms with Gasteiger partial charge in [-0.2, -0.15) is 0 Å². The fourth-order valence-corrected chi connectivity index (χ4v) is 4.95. The summed E-state index contributed by atoms with van der Waals surface area (Å²) in [5.74, 6) is 1.49. The minimum absolute atomic E-state index is 0.0562. The lowest BCUT2D eigenvalue weighted by atomic mass is 10.0. The summed E-state index contributed by atoms with van der Waals surface area (Å²) in [4.78, 5) is 27.9. The molecule has 5 aromatic rings. The van der Waals surface area contributed by atoms with Gasteiger partial charge in [-0.15, -0.1) is 0 Å². The number of carbonyl (C=O) groups excluding carboxylic acids is 1. The van der Waals surface area contributed by atoms with Crippen LogP contribution in [0.25, 0.3) is 16.8 Å². The molecule has 0 saturated heterocycles. The van der Waals surface area contributed by atoms with E-state index in [9.17, 15) is 13.2 Å². The van der Waals surface area contributed by atoms with Gasteiger partial charge in [-0.3, -0.25) is 9.36 Å². The minimum atomic E-state index is -3.54. The van der Waals surface area contributed by atoms with Crippen LogP contribution in [0.4, 0.5) is 17.3 Å². The number of sulfonamides is 1. The first-order chi connectivity index (χ1) is 20.6. The van der Waals surface area contributed by atoms with Crippen molar-refractivity contribution >= 4 is 51.1 Å². The lowest BCUT2D eigenvalue weighted by Gasteiger charge is -2.23. The van der Waals surface area contributed by atoms with Crippen molar-refractivity contribution in [2.75, 3.05) is 23.9 Å². The number of nitrogen functional groups attached to an aromatic ring is 1. The molecular weight excluding hydrogens is 586 g/mol. The van der Waals surface area contributed by atoms with E-state index < -0.39 is 10.0 Å². The topological polar surface area (TPSA) is 136 Å². The normalized spacial score (nSPS) is 11.8. The minimum Gasteiger partial charge on any atom is -0.384 e. The molecule has 12 heteroatoms. The number of amidine groups is 1. The highest BCUT2D eigenvalue weighted by Crippen LogP contribution is 2.29. The molecule has 10 nitrogen and oxygen atoms in total. The van der Waals surface area contributed by atoms with Gasteiger partial charge in [0.2, 0.25) is 10.0 Å². The van der Waals surface area contributed by atoms with E-state index in [2.05, 4.69) is 14.7 Å². The van der Waals surface area contributed by atoms with Gasteiger partial charge in [0.1, 0.15) is 23.2 Å². The highest BCUT2D eigenvalue weighted by Gasteiger charge is 2.22. The summed E-state index contributed by atoms with van der Waals surface area (Å²) in [7, 11) is -1.68. The van der Waals surface area contributed by atoms with E-state index in [1.807, 2.05) is 84.7 Å². The molecule has 0 aliphatic rings. The molecule has 0 spiro atoms. The van der Waals surface area contributed by atoms with Crippen LogP contribution in [0.5, 0.6) is 0 Å². The number of carbonyl (C=O) groups is 1. The van der Waals surface area contributed by atoms with Crippen molar-refractivity contribution in [2.24, 2.45) is 4.99 Å². The van der Waals surface area contributed by atoms with Gasteiger partial charge in [0.25, 0.3) is 0 Å². The second-order valence-electron chi connectivity index (χ2n) is 9.64. The summed E-state index contributed by atoms with van der Waals surface area (Å²) < 4.78 is 28.0. The largest absolute Gasteiger partial charge is 0.384 e. The Labute approximate surface area is 254 Å². The Morgan fingerprint density at radius 3 is 2.28 bits per heavy atom. The van der Waals surface area contributed by atoms with Gasteiger partial charge in [0, 0.05) is 40.8 Å². The summed E-state index contributed by atoms with van der Waals surface area (Å²) >= 11 is 6.16. The van der Waals surface area contributed by atoms with Crippen LogP contribution in [0.2, 0.25) is 5.02 Å². The van der Waals surface area contributed by atoms with Gasteiger partial charge in [-0.25, -0.2) is 28.1 Å². The Morgan fingerprint density at radius 1 is 1.00 bits per heavy atom. The smallest absolute Gasteiger partial charge is 0.209 e. The predicted octanol–water partition coefficient (Wildman–Crippen LogP) is 5.25. The number of aliphatic imine (C=N–C) groups is 1. The zero-order valence-corrected chi connectivity index (χ0v) is 24.9. The van der Waals surface area contributed by atoms with E-state index in [1.165, 1.54) is 0 Å². The molecule has 0 radical (unpaired) electrons. The number of benzene rings is 3. The average molecular weight is 614 g/mol. The Morgan fingerprint density at radius 2 is 1.67 bits per heavy atom. The zero-order valence-electron chi connectivity index (χ0n) is 23.3. The number of para-hydroxylation sites is 1. The average Bonchev–Trinajstić information content (AvgIpc) is 3.36. The van der Waals surface area contributed by atoms with Crippen LogP contribution in [0, 0.1) is 0 Å². The number of pyridine rings is 1. The van der Waals surface area contributed by atoms with Gasteiger partial charge in [-0.1, -0.05) is 54.1 Å². The van der Waals surface area contributed by atoms with Gasteiger partial charge in [-0.05, 0) is 54.1 Å². The van der Waals surface area contributed by atoms with Crippen LogP contribution in [0.15, 0.2) is 102 Å². The predicted molar refractivity (Wildman–Crippen MR) is 171 cm³/mol. The van der Waals surface area contributed by atoms with Crippen LogP contribution in [-0.2, 0) is 16.6 Å². The van der Waals surface area contributed by atoms with Crippen molar-refractivity contribution in [1.29, 1.82) is 0 Å². The standard InChI is InChI=1S/C31H28ClN7O3S/c1-38(25-15-13-24(32)14-16-25)30(22-10-8-21(9-11-22)23-12-17-28(33)34-18-23)37-31-27(20-40)36-29(19-35-43(2,41)42)39(31)26-6-4-3-5-7-26/h3-18,20,35H,19H2,1-2H3,(H2,33,34)/b37-30-. The zero-order chi connectivity index (χ0) is 30.6. The number of nitrogens with zero attached hydrogens (tertiary/aromatic N) is 5. The van der Waals surface area contributed by atoms with Gasteiger partial charge >= 0.3 is 0 Å². The summed E-state index contributed by atoms with van der Waals surface area (Å²) in [5.41, 5.74) is 9.85. The highest BCUT2D eigenvalue weighted by molar-refractivity contribution is 7.88. The first-order valence-corrected chi connectivity index (χ1v) is 15.4. The number of hydrogen-bond acceptors (Lipinski definition) is 7. The maximum absolute atomic E-state index is 12.3. The third-order valence-corrected chi connectivity index (χ3v) is 7.49. The fraction of sp³-hybridized carbons (Fsp3) is 0.0968. The molecule has 0 aliphatic heterocycles.